The first-order chi connectivity index (χ1) is 7.36. The van der Waals surface area contributed by atoms with Crippen molar-refractivity contribution in [2.45, 2.75) is 25.3 Å². The van der Waals surface area contributed by atoms with Gasteiger partial charge in [-0.15, -0.1) is 0 Å². The van der Waals surface area contributed by atoms with Gasteiger partial charge in [-0.2, -0.15) is 0 Å². The zero-order chi connectivity index (χ0) is 10.5. The van der Waals surface area contributed by atoms with Crippen LogP contribution in [0.15, 0.2) is 24.4 Å². The largest absolute Gasteiger partial charge is 0.381 e. The molecule has 1 aliphatic heterocycles. The summed E-state index contributed by atoms with van der Waals surface area (Å²) in [5.41, 5.74) is 7.25. The minimum Gasteiger partial charge on any atom is -0.381 e. The minimum absolute atomic E-state index is 0.259. The van der Waals surface area contributed by atoms with E-state index in [0.717, 1.165) is 38.2 Å². The third kappa shape index (κ3) is 3.01. The summed E-state index contributed by atoms with van der Waals surface area (Å²) < 4.78 is 5.33. The van der Waals surface area contributed by atoms with Gasteiger partial charge in [0.1, 0.15) is 0 Å². The van der Waals surface area contributed by atoms with E-state index in [0.29, 0.717) is 5.92 Å². The monoisotopic (exact) mass is 206 g/mol. The van der Waals surface area contributed by atoms with Gasteiger partial charge in [-0.3, -0.25) is 4.98 Å². The van der Waals surface area contributed by atoms with E-state index in [2.05, 4.69) is 11.1 Å². The Labute approximate surface area is 90.7 Å². The fourth-order valence-electron chi connectivity index (χ4n) is 1.99. The lowest BCUT2D eigenvalue weighted by atomic mass is 9.95. The van der Waals surface area contributed by atoms with Crippen LogP contribution in [0.3, 0.4) is 0 Å². The van der Waals surface area contributed by atoms with Crippen molar-refractivity contribution in [3.63, 3.8) is 0 Å². The average Bonchev–Trinajstić information content (AvgIpc) is 2.81. The Hall–Kier alpha value is -0.930. The van der Waals surface area contributed by atoms with Gasteiger partial charge < -0.3 is 10.5 Å². The van der Waals surface area contributed by atoms with Crippen LogP contribution < -0.4 is 5.73 Å². The second-order valence-electron chi connectivity index (χ2n) is 4.15. The van der Waals surface area contributed by atoms with Gasteiger partial charge in [0.15, 0.2) is 0 Å². The van der Waals surface area contributed by atoms with Crippen molar-refractivity contribution in [3.05, 3.63) is 30.1 Å². The van der Waals surface area contributed by atoms with Gasteiger partial charge in [-0.1, -0.05) is 6.07 Å². The molecule has 1 aliphatic rings. The topological polar surface area (TPSA) is 48.1 Å². The van der Waals surface area contributed by atoms with Crippen LogP contribution in [0.1, 0.15) is 18.5 Å². The van der Waals surface area contributed by atoms with Gasteiger partial charge >= 0.3 is 0 Å². The molecular formula is C12H18N2O. The molecule has 1 aromatic heterocycles. The number of aryl methyl sites for hydroxylation is 1. The van der Waals surface area contributed by atoms with Crippen LogP contribution in [0, 0.1) is 5.92 Å². The van der Waals surface area contributed by atoms with Crippen molar-refractivity contribution in [1.82, 2.24) is 4.98 Å². The van der Waals surface area contributed by atoms with Crippen molar-refractivity contribution >= 4 is 0 Å². The van der Waals surface area contributed by atoms with Crippen LogP contribution in [0.5, 0.6) is 0 Å². The lowest BCUT2D eigenvalue weighted by Crippen LogP contribution is -2.30. The highest BCUT2D eigenvalue weighted by atomic mass is 16.5. The zero-order valence-electron chi connectivity index (χ0n) is 8.93. The van der Waals surface area contributed by atoms with Crippen LogP contribution in [0.2, 0.25) is 0 Å². The molecule has 1 saturated heterocycles. The molecular weight excluding hydrogens is 188 g/mol. The lowest BCUT2D eigenvalue weighted by Gasteiger charge is -2.16. The van der Waals surface area contributed by atoms with Crippen molar-refractivity contribution in [2.75, 3.05) is 13.2 Å². The van der Waals surface area contributed by atoms with Gasteiger partial charge in [-0.05, 0) is 37.3 Å². The number of aromatic nitrogens is 1. The molecule has 82 valence electrons. The molecule has 0 amide bonds. The van der Waals surface area contributed by atoms with E-state index in [-0.39, 0.29) is 6.04 Å². The maximum Gasteiger partial charge on any atom is 0.0509 e. The van der Waals surface area contributed by atoms with Crippen LogP contribution in [-0.4, -0.2) is 24.2 Å². The Bertz CT molecular complexity index is 283. The molecule has 2 atom stereocenters. The van der Waals surface area contributed by atoms with Gasteiger partial charge in [0.05, 0.1) is 6.61 Å². The van der Waals surface area contributed by atoms with Crippen molar-refractivity contribution < 1.29 is 4.74 Å². The molecule has 0 radical (unpaired) electrons. The van der Waals surface area contributed by atoms with E-state index >= 15 is 0 Å². The van der Waals surface area contributed by atoms with Crippen molar-refractivity contribution in [3.8, 4) is 0 Å². The summed E-state index contributed by atoms with van der Waals surface area (Å²) in [4.78, 5) is 4.29. The normalized spacial score (nSPS) is 22.9. The molecule has 15 heavy (non-hydrogen) atoms. The van der Waals surface area contributed by atoms with E-state index in [1.165, 1.54) is 0 Å². The third-order valence-corrected chi connectivity index (χ3v) is 3.03. The standard InChI is InChI=1S/C12H18N2O/c13-12(10-6-8-15-9-10)5-4-11-3-1-2-7-14-11/h1-3,7,10,12H,4-6,8-9,13H2. The number of nitrogens with zero attached hydrogens (tertiary/aromatic N) is 1. The third-order valence-electron chi connectivity index (χ3n) is 3.03. The Morgan fingerprint density at radius 3 is 3.13 bits per heavy atom. The van der Waals surface area contributed by atoms with E-state index in [9.17, 15) is 0 Å². The number of pyridine rings is 1. The Morgan fingerprint density at radius 1 is 1.53 bits per heavy atom. The highest BCUT2D eigenvalue weighted by Crippen LogP contribution is 2.18. The lowest BCUT2D eigenvalue weighted by molar-refractivity contribution is 0.180. The molecule has 0 bridgehead atoms. The van der Waals surface area contributed by atoms with E-state index in [1.54, 1.807) is 0 Å². The molecule has 0 aliphatic carbocycles. The van der Waals surface area contributed by atoms with E-state index < -0.39 is 0 Å². The molecule has 3 heteroatoms. The van der Waals surface area contributed by atoms with Gasteiger partial charge in [0, 0.05) is 24.5 Å². The SMILES string of the molecule is NC(CCc1ccccn1)C1CCOC1. The maximum atomic E-state index is 6.12. The number of rotatable bonds is 4. The fraction of sp³-hybridized carbons (Fsp3) is 0.583. The molecule has 0 saturated carbocycles. The molecule has 2 heterocycles. The molecule has 2 unspecified atom stereocenters. The second-order valence-corrected chi connectivity index (χ2v) is 4.15. The molecule has 0 aromatic carbocycles. The van der Waals surface area contributed by atoms with Crippen LogP contribution in [0.25, 0.3) is 0 Å². The van der Waals surface area contributed by atoms with Crippen LogP contribution in [-0.2, 0) is 11.2 Å². The number of nitrogens with two attached hydrogens (primary N) is 1. The number of hydrogen-bond donors (Lipinski definition) is 1. The molecule has 0 spiro atoms. The first kappa shape index (κ1) is 10.6. The fourth-order valence-corrected chi connectivity index (χ4v) is 1.99. The van der Waals surface area contributed by atoms with Crippen molar-refractivity contribution in [1.29, 1.82) is 0 Å². The zero-order valence-corrected chi connectivity index (χ0v) is 8.93. The first-order valence-corrected chi connectivity index (χ1v) is 5.59. The summed E-state index contributed by atoms with van der Waals surface area (Å²) in [7, 11) is 0. The predicted octanol–water partition coefficient (Wildman–Crippen LogP) is 1.38. The van der Waals surface area contributed by atoms with E-state index in [1.807, 2.05) is 18.3 Å². The summed E-state index contributed by atoms with van der Waals surface area (Å²) in [6.07, 6.45) is 4.92. The smallest absolute Gasteiger partial charge is 0.0509 e. The summed E-state index contributed by atoms with van der Waals surface area (Å²) in [6.45, 7) is 1.71. The molecule has 2 rings (SSSR count). The molecule has 3 nitrogen and oxygen atoms in total. The highest BCUT2D eigenvalue weighted by Gasteiger charge is 2.22. The minimum atomic E-state index is 0.259. The van der Waals surface area contributed by atoms with Crippen molar-refractivity contribution in [2.24, 2.45) is 11.7 Å². The molecule has 2 N–H and O–H groups in total. The summed E-state index contributed by atoms with van der Waals surface area (Å²) in [6, 6.07) is 6.27. The quantitative estimate of drug-likeness (QED) is 0.809. The Morgan fingerprint density at radius 2 is 2.47 bits per heavy atom. The maximum absolute atomic E-state index is 6.12. The van der Waals surface area contributed by atoms with Gasteiger partial charge in [-0.25, -0.2) is 0 Å². The summed E-state index contributed by atoms with van der Waals surface area (Å²) >= 11 is 0. The summed E-state index contributed by atoms with van der Waals surface area (Å²) in [5.74, 6) is 0.550. The number of hydrogen-bond acceptors (Lipinski definition) is 3. The summed E-state index contributed by atoms with van der Waals surface area (Å²) in [5, 5.41) is 0. The first-order valence-electron chi connectivity index (χ1n) is 5.59. The average molecular weight is 206 g/mol. The van der Waals surface area contributed by atoms with Crippen LogP contribution in [0.4, 0.5) is 0 Å². The predicted molar refractivity (Wildman–Crippen MR) is 59.5 cm³/mol. The second kappa shape index (κ2) is 5.24. The Balaban J connectivity index is 1.77. The number of ether oxygens (including phenoxy) is 1. The molecule has 1 aromatic rings. The van der Waals surface area contributed by atoms with E-state index in [4.69, 9.17) is 10.5 Å². The van der Waals surface area contributed by atoms with Gasteiger partial charge in [0.25, 0.3) is 0 Å². The highest BCUT2D eigenvalue weighted by molar-refractivity contribution is 5.03. The van der Waals surface area contributed by atoms with Gasteiger partial charge in [0.2, 0.25) is 0 Å². The Kier molecular flexibility index (Phi) is 3.69. The molecule has 1 fully saturated rings. The van der Waals surface area contributed by atoms with Crippen LogP contribution >= 0.6 is 0 Å².